The first-order valence-corrected chi connectivity index (χ1v) is 15.0. The largest absolute Gasteiger partial charge is 0.375 e. The van der Waals surface area contributed by atoms with Gasteiger partial charge in [-0.2, -0.15) is 0 Å². The number of imidazole rings is 1. The summed E-state index contributed by atoms with van der Waals surface area (Å²) in [4.78, 5) is 30.5. The van der Waals surface area contributed by atoms with Crippen LogP contribution in [0.1, 0.15) is 61.5 Å². The normalized spacial score (nSPS) is 29.3. The van der Waals surface area contributed by atoms with Crippen LogP contribution in [-0.2, 0) is 17.8 Å². The third-order valence-electron chi connectivity index (χ3n) is 10.1. The molecule has 0 radical (unpaired) electrons. The van der Waals surface area contributed by atoms with Gasteiger partial charge in [0.15, 0.2) is 11.5 Å². The smallest absolute Gasteiger partial charge is 0.255 e. The Morgan fingerprint density at radius 2 is 2.02 bits per heavy atom. The number of rotatable bonds is 5. The Kier molecular flexibility index (Phi) is 5.42. The molecular weight excluding hydrogens is 502 g/mol. The van der Waals surface area contributed by atoms with E-state index in [1.165, 1.54) is 6.42 Å². The second-order valence-electron chi connectivity index (χ2n) is 12.6. The van der Waals surface area contributed by atoms with Crippen LogP contribution in [0, 0.1) is 18.8 Å². The van der Waals surface area contributed by atoms with Crippen LogP contribution in [0.3, 0.4) is 0 Å². The number of amides is 1. The molecule has 40 heavy (non-hydrogen) atoms. The van der Waals surface area contributed by atoms with Gasteiger partial charge in [-0.1, -0.05) is 0 Å². The molecule has 4 aliphatic rings. The standard InChI is InChI=1S/C31H37N7O2/c1-3-36-25(12-20-6-5-18(2)34-27(20)36)29-35-23-11-22(30(39)37-17-21-7-8-24(37)26(21)32)15-33-28(23)38(29)16-19-13-31(14-19)9-4-10-40-31/h5-6,11-12,15,19,21,24,26H,3-4,7-10,13-14,16-17,32H2,1-2H3. The van der Waals surface area contributed by atoms with Crippen molar-refractivity contribution >= 4 is 28.1 Å². The van der Waals surface area contributed by atoms with E-state index >= 15 is 0 Å². The van der Waals surface area contributed by atoms with Gasteiger partial charge in [-0.25, -0.2) is 15.0 Å². The summed E-state index contributed by atoms with van der Waals surface area (Å²) in [6.07, 6.45) is 8.35. The molecule has 2 bridgehead atoms. The van der Waals surface area contributed by atoms with Crippen molar-refractivity contribution in [1.29, 1.82) is 0 Å². The molecule has 8 rings (SSSR count). The average molecular weight is 540 g/mol. The number of ether oxygens (including phenoxy) is 1. The van der Waals surface area contributed by atoms with Gasteiger partial charge in [0.05, 0.1) is 16.9 Å². The minimum Gasteiger partial charge on any atom is -0.375 e. The molecule has 0 aromatic carbocycles. The van der Waals surface area contributed by atoms with Crippen LogP contribution in [-0.4, -0.2) is 65.7 Å². The predicted octanol–water partition coefficient (Wildman–Crippen LogP) is 4.30. The van der Waals surface area contributed by atoms with E-state index in [1.807, 2.05) is 17.9 Å². The number of aromatic nitrogens is 5. The summed E-state index contributed by atoms with van der Waals surface area (Å²) in [5.41, 5.74) is 11.7. The Labute approximate surface area is 233 Å². The first-order valence-electron chi connectivity index (χ1n) is 15.0. The lowest BCUT2D eigenvalue weighted by Gasteiger charge is -2.44. The molecule has 4 aromatic heterocycles. The van der Waals surface area contributed by atoms with Crippen LogP contribution in [0.25, 0.3) is 33.7 Å². The molecule has 3 unspecified atom stereocenters. The molecule has 2 aliphatic carbocycles. The maximum Gasteiger partial charge on any atom is 0.255 e. The molecule has 9 nitrogen and oxygen atoms in total. The highest BCUT2D eigenvalue weighted by atomic mass is 16.5. The van der Waals surface area contributed by atoms with Crippen molar-refractivity contribution in [2.24, 2.45) is 17.6 Å². The molecule has 208 valence electrons. The highest BCUT2D eigenvalue weighted by Gasteiger charge is 2.48. The monoisotopic (exact) mass is 539 g/mol. The van der Waals surface area contributed by atoms with Crippen LogP contribution in [0.2, 0.25) is 0 Å². The zero-order chi connectivity index (χ0) is 27.2. The van der Waals surface area contributed by atoms with Gasteiger partial charge in [-0.3, -0.25) is 4.79 Å². The van der Waals surface area contributed by atoms with Crippen LogP contribution in [0.15, 0.2) is 30.5 Å². The van der Waals surface area contributed by atoms with Crippen molar-refractivity contribution in [2.75, 3.05) is 13.2 Å². The quantitative estimate of drug-likeness (QED) is 0.406. The molecule has 1 spiro atoms. The molecule has 2 saturated carbocycles. The number of hydrogen-bond donors (Lipinski definition) is 1. The van der Waals surface area contributed by atoms with Crippen molar-refractivity contribution in [3.8, 4) is 11.5 Å². The summed E-state index contributed by atoms with van der Waals surface area (Å²) in [7, 11) is 0. The Hall–Kier alpha value is -3.30. The summed E-state index contributed by atoms with van der Waals surface area (Å²) < 4.78 is 10.7. The molecule has 2 N–H and O–H groups in total. The molecule has 9 heteroatoms. The fourth-order valence-corrected chi connectivity index (χ4v) is 8.13. The van der Waals surface area contributed by atoms with E-state index in [4.69, 9.17) is 25.4 Å². The first-order chi connectivity index (χ1) is 19.4. The van der Waals surface area contributed by atoms with E-state index in [9.17, 15) is 4.79 Å². The molecule has 1 amide bonds. The highest BCUT2D eigenvalue weighted by Crippen LogP contribution is 2.48. The fraction of sp³-hybridized carbons (Fsp3) is 0.548. The highest BCUT2D eigenvalue weighted by molar-refractivity contribution is 5.97. The number of aryl methyl sites for hydroxylation is 2. The average Bonchev–Trinajstić information content (AvgIpc) is 3.76. The van der Waals surface area contributed by atoms with Crippen molar-refractivity contribution in [2.45, 2.75) is 83.1 Å². The van der Waals surface area contributed by atoms with E-state index in [1.54, 1.807) is 6.20 Å². The Morgan fingerprint density at radius 3 is 2.75 bits per heavy atom. The molecular formula is C31H37N7O2. The van der Waals surface area contributed by atoms with Crippen LogP contribution in [0.5, 0.6) is 0 Å². The molecule has 4 aromatic rings. The third-order valence-corrected chi connectivity index (χ3v) is 10.1. The Morgan fingerprint density at radius 1 is 1.15 bits per heavy atom. The van der Waals surface area contributed by atoms with Gasteiger partial charge < -0.3 is 24.5 Å². The van der Waals surface area contributed by atoms with Crippen LogP contribution < -0.4 is 5.73 Å². The van der Waals surface area contributed by atoms with E-state index < -0.39 is 0 Å². The van der Waals surface area contributed by atoms with Gasteiger partial charge >= 0.3 is 0 Å². The predicted molar refractivity (Wildman–Crippen MR) is 153 cm³/mol. The summed E-state index contributed by atoms with van der Waals surface area (Å²) in [5.74, 6) is 1.84. The number of nitrogens with two attached hydrogens (primary N) is 1. The minimum absolute atomic E-state index is 0.0230. The van der Waals surface area contributed by atoms with Gasteiger partial charge in [0.25, 0.3) is 5.91 Å². The molecule has 6 heterocycles. The van der Waals surface area contributed by atoms with Crippen LogP contribution in [0.4, 0.5) is 0 Å². The summed E-state index contributed by atoms with van der Waals surface area (Å²) in [6.45, 7) is 7.43. The lowest BCUT2D eigenvalue weighted by Crippen LogP contribution is -2.44. The van der Waals surface area contributed by atoms with Crippen molar-refractivity contribution in [3.63, 3.8) is 0 Å². The zero-order valence-corrected chi connectivity index (χ0v) is 23.3. The van der Waals surface area contributed by atoms with E-state index in [0.717, 1.165) is 97.8 Å². The lowest BCUT2D eigenvalue weighted by atomic mass is 9.69. The fourth-order valence-electron chi connectivity index (χ4n) is 8.13. The molecule has 4 fully saturated rings. The number of carbonyl (C=O) groups is 1. The third kappa shape index (κ3) is 3.59. The lowest BCUT2D eigenvalue weighted by molar-refractivity contribution is -0.0939. The second-order valence-corrected chi connectivity index (χ2v) is 12.6. The van der Waals surface area contributed by atoms with Crippen molar-refractivity contribution in [3.05, 3.63) is 41.7 Å². The van der Waals surface area contributed by atoms with Gasteiger partial charge in [0.1, 0.15) is 11.2 Å². The molecule has 3 atom stereocenters. The van der Waals surface area contributed by atoms with Gasteiger partial charge in [0.2, 0.25) is 0 Å². The van der Waals surface area contributed by atoms with Gasteiger partial charge in [0, 0.05) is 55.6 Å². The summed E-state index contributed by atoms with van der Waals surface area (Å²) in [6, 6.07) is 8.55. The second kappa shape index (κ2) is 8.85. The number of hydrogen-bond acceptors (Lipinski definition) is 6. The van der Waals surface area contributed by atoms with E-state index in [0.29, 0.717) is 17.4 Å². The van der Waals surface area contributed by atoms with Gasteiger partial charge in [-0.15, -0.1) is 0 Å². The molecule has 2 aliphatic heterocycles. The number of pyridine rings is 2. The topological polar surface area (TPSA) is 104 Å². The number of piperidine rings is 1. The first kappa shape index (κ1) is 24.5. The summed E-state index contributed by atoms with van der Waals surface area (Å²) >= 11 is 0. The van der Waals surface area contributed by atoms with Crippen LogP contribution >= 0.6 is 0 Å². The Balaban J connectivity index is 1.21. The number of nitrogens with zero attached hydrogens (tertiary/aromatic N) is 6. The Bertz CT molecular complexity index is 1640. The van der Waals surface area contributed by atoms with E-state index in [-0.39, 0.29) is 23.6 Å². The van der Waals surface area contributed by atoms with E-state index in [2.05, 4.69) is 34.3 Å². The number of likely N-dealkylation sites (tertiary alicyclic amines) is 1. The minimum atomic E-state index is 0.0230. The molecule has 2 saturated heterocycles. The zero-order valence-electron chi connectivity index (χ0n) is 23.3. The van der Waals surface area contributed by atoms with Gasteiger partial charge in [-0.05, 0) is 88.5 Å². The maximum absolute atomic E-state index is 13.6. The summed E-state index contributed by atoms with van der Waals surface area (Å²) in [5, 5.41) is 1.10. The van der Waals surface area contributed by atoms with Crippen molar-refractivity contribution < 1.29 is 9.53 Å². The maximum atomic E-state index is 13.6. The number of carbonyl (C=O) groups excluding carboxylic acids is 1. The van der Waals surface area contributed by atoms with Crippen molar-refractivity contribution in [1.82, 2.24) is 29.0 Å². The number of fused-ring (bicyclic) bond motifs is 4. The SMILES string of the molecule is CCn1c(-c2nc3cc(C(=O)N4CC5CCC4C5N)cnc3n2CC2CC3(CCCO3)C2)cc2ccc(C)nc21.